The second-order valence-electron chi connectivity index (χ2n) is 4.95. The molecule has 23 heavy (non-hydrogen) atoms. The number of aryl methyl sites for hydroxylation is 1. The predicted octanol–water partition coefficient (Wildman–Crippen LogP) is 2.26. The molecule has 8 heteroatoms. The standard InChI is InChI=1S/C15H19N5O3/c1-3-19(8-9-21)15-13(20(22)23)14(16-10-17-15)18-12-6-4-11(2)5-7-12/h4-7,10,21H,3,8-9H2,1-2H3,(H,16,17,18). The van der Waals surface area contributed by atoms with Crippen LogP contribution in [-0.4, -0.2) is 39.7 Å². The number of nitrogens with zero attached hydrogens (tertiary/aromatic N) is 4. The highest BCUT2D eigenvalue weighted by Crippen LogP contribution is 2.33. The molecule has 0 saturated carbocycles. The number of aliphatic hydroxyl groups excluding tert-OH is 1. The molecule has 1 aromatic heterocycles. The number of likely N-dealkylation sites (N-methyl/N-ethyl adjacent to an activating group) is 1. The number of aliphatic hydroxyl groups is 1. The quantitative estimate of drug-likeness (QED) is 0.596. The van der Waals surface area contributed by atoms with E-state index < -0.39 is 4.92 Å². The summed E-state index contributed by atoms with van der Waals surface area (Å²) in [6.07, 6.45) is 1.28. The summed E-state index contributed by atoms with van der Waals surface area (Å²) in [4.78, 5) is 20.7. The lowest BCUT2D eigenvalue weighted by Gasteiger charge is -2.20. The van der Waals surface area contributed by atoms with Crippen LogP contribution in [0.5, 0.6) is 0 Å². The normalized spacial score (nSPS) is 10.4. The predicted molar refractivity (Wildman–Crippen MR) is 88.1 cm³/mol. The molecule has 0 bridgehead atoms. The van der Waals surface area contributed by atoms with Crippen LogP contribution in [0.2, 0.25) is 0 Å². The molecule has 1 heterocycles. The summed E-state index contributed by atoms with van der Waals surface area (Å²) in [5.74, 6) is 0.316. The van der Waals surface area contributed by atoms with Gasteiger partial charge >= 0.3 is 5.69 Å². The second kappa shape index (κ2) is 7.50. The Hall–Kier alpha value is -2.74. The van der Waals surface area contributed by atoms with Crippen molar-refractivity contribution in [2.45, 2.75) is 13.8 Å². The summed E-state index contributed by atoms with van der Waals surface area (Å²) in [7, 11) is 0. The maximum absolute atomic E-state index is 11.5. The van der Waals surface area contributed by atoms with Gasteiger partial charge in [0, 0.05) is 18.8 Å². The first-order valence-corrected chi connectivity index (χ1v) is 7.25. The SMILES string of the molecule is CCN(CCO)c1ncnc(Nc2ccc(C)cc2)c1[N+](=O)[O-]. The minimum Gasteiger partial charge on any atom is -0.395 e. The van der Waals surface area contributed by atoms with Crippen molar-refractivity contribution in [2.24, 2.45) is 0 Å². The first kappa shape index (κ1) is 16.6. The third-order valence-electron chi connectivity index (χ3n) is 3.35. The van der Waals surface area contributed by atoms with Crippen LogP contribution in [0.4, 0.5) is 23.0 Å². The molecule has 0 unspecified atom stereocenters. The number of nitro groups is 1. The van der Waals surface area contributed by atoms with Gasteiger partial charge in [0.25, 0.3) is 0 Å². The van der Waals surface area contributed by atoms with E-state index in [1.807, 2.05) is 38.1 Å². The minimum atomic E-state index is -0.508. The molecule has 2 rings (SSSR count). The molecule has 8 nitrogen and oxygen atoms in total. The van der Waals surface area contributed by atoms with Gasteiger partial charge in [-0.15, -0.1) is 0 Å². The fraction of sp³-hybridized carbons (Fsp3) is 0.333. The van der Waals surface area contributed by atoms with Crippen LogP contribution >= 0.6 is 0 Å². The highest BCUT2D eigenvalue weighted by molar-refractivity contribution is 5.74. The van der Waals surface area contributed by atoms with Crippen molar-refractivity contribution in [3.05, 3.63) is 46.3 Å². The van der Waals surface area contributed by atoms with E-state index in [0.29, 0.717) is 12.2 Å². The fourth-order valence-electron chi connectivity index (χ4n) is 2.17. The number of benzene rings is 1. The van der Waals surface area contributed by atoms with E-state index in [-0.39, 0.29) is 30.5 Å². The zero-order valence-corrected chi connectivity index (χ0v) is 13.1. The number of hydrogen-bond donors (Lipinski definition) is 2. The molecule has 0 atom stereocenters. The van der Waals surface area contributed by atoms with E-state index in [1.165, 1.54) is 6.33 Å². The summed E-state index contributed by atoms with van der Waals surface area (Å²) < 4.78 is 0. The van der Waals surface area contributed by atoms with Gasteiger partial charge in [0.15, 0.2) is 0 Å². The topological polar surface area (TPSA) is 104 Å². The van der Waals surface area contributed by atoms with E-state index in [1.54, 1.807) is 4.90 Å². The van der Waals surface area contributed by atoms with E-state index in [4.69, 9.17) is 5.11 Å². The molecule has 0 radical (unpaired) electrons. The maximum Gasteiger partial charge on any atom is 0.353 e. The van der Waals surface area contributed by atoms with Crippen LogP contribution in [0, 0.1) is 17.0 Å². The van der Waals surface area contributed by atoms with Crippen LogP contribution in [-0.2, 0) is 0 Å². The number of hydrogen-bond acceptors (Lipinski definition) is 7. The Labute approximate surface area is 134 Å². The van der Waals surface area contributed by atoms with Gasteiger partial charge in [-0.05, 0) is 26.0 Å². The van der Waals surface area contributed by atoms with Crippen molar-refractivity contribution in [1.29, 1.82) is 0 Å². The minimum absolute atomic E-state index is 0.115. The fourth-order valence-corrected chi connectivity index (χ4v) is 2.17. The Morgan fingerprint density at radius 3 is 2.57 bits per heavy atom. The third kappa shape index (κ3) is 3.92. The van der Waals surface area contributed by atoms with Gasteiger partial charge in [-0.2, -0.15) is 0 Å². The molecular weight excluding hydrogens is 298 g/mol. The van der Waals surface area contributed by atoms with Gasteiger partial charge in [0.05, 0.1) is 11.5 Å². The number of anilines is 3. The Morgan fingerprint density at radius 1 is 1.30 bits per heavy atom. The second-order valence-corrected chi connectivity index (χ2v) is 4.95. The molecular formula is C15H19N5O3. The molecule has 0 saturated heterocycles. The monoisotopic (exact) mass is 317 g/mol. The van der Waals surface area contributed by atoms with E-state index in [0.717, 1.165) is 5.56 Å². The molecule has 2 N–H and O–H groups in total. The van der Waals surface area contributed by atoms with Crippen molar-refractivity contribution in [3.8, 4) is 0 Å². The number of rotatable bonds is 7. The lowest BCUT2D eigenvalue weighted by molar-refractivity contribution is -0.383. The highest BCUT2D eigenvalue weighted by Gasteiger charge is 2.26. The van der Waals surface area contributed by atoms with Gasteiger partial charge in [0.1, 0.15) is 6.33 Å². The first-order chi connectivity index (χ1) is 11.1. The molecule has 2 aromatic rings. The zero-order valence-electron chi connectivity index (χ0n) is 13.1. The van der Waals surface area contributed by atoms with Crippen LogP contribution in [0.3, 0.4) is 0 Å². The van der Waals surface area contributed by atoms with E-state index in [2.05, 4.69) is 15.3 Å². The highest BCUT2D eigenvalue weighted by atomic mass is 16.6. The van der Waals surface area contributed by atoms with Crippen LogP contribution in [0.25, 0.3) is 0 Å². The van der Waals surface area contributed by atoms with Gasteiger partial charge < -0.3 is 15.3 Å². The lowest BCUT2D eigenvalue weighted by atomic mass is 10.2. The van der Waals surface area contributed by atoms with Crippen molar-refractivity contribution < 1.29 is 10.0 Å². The lowest BCUT2D eigenvalue weighted by Crippen LogP contribution is -2.28. The summed E-state index contributed by atoms with van der Waals surface area (Å²) in [6.45, 7) is 4.44. The van der Waals surface area contributed by atoms with Crippen molar-refractivity contribution >= 4 is 23.0 Å². The summed E-state index contributed by atoms with van der Waals surface area (Å²) in [6, 6.07) is 7.46. The van der Waals surface area contributed by atoms with Gasteiger partial charge in [-0.3, -0.25) is 10.1 Å². The Bertz CT molecular complexity index is 675. The number of aromatic nitrogens is 2. The van der Waals surface area contributed by atoms with Gasteiger partial charge in [0.2, 0.25) is 11.6 Å². The average Bonchev–Trinajstić information content (AvgIpc) is 2.54. The Balaban J connectivity index is 2.43. The van der Waals surface area contributed by atoms with Crippen LogP contribution < -0.4 is 10.2 Å². The third-order valence-corrected chi connectivity index (χ3v) is 3.35. The molecule has 0 spiro atoms. The molecule has 0 aliphatic heterocycles. The maximum atomic E-state index is 11.5. The summed E-state index contributed by atoms with van der Waals surface area (Å²) >= 11 is 0. The summed E-state index contributed by atoms with van der Waals surface area (Å²) in [5, 5.41) is 23.6. The zero-order chi connectivity index (χ0) is 16.8. The van der Waals surface area contributed by atoms with Crippen LogP contribution in [0.15, 0.2) is 30.6 Å². The van der Waals surface area contributed by atoms with Gasteiger partial charge in [-0.25, -0.2) is 9.97 Å². The van der Waals surface area contributed by atoms with Gasteiger partial charge in [-0.1, -0.05) is 17.7 Å². The molecule has 0 fully saturated rings. The molecule has 122 valence electrons. The number of nitrogens with one attached hydrogen (secondary N) is 1. The van der Waals surface area contributed by atoms with E-state index in [9.17, 15) is 10.1 Å². The molecule has 1 aromatic carbocycles. The average molecular weight is 317 g/mol. The molecule has 0 amide bonds. The van der Waals surface area contributed by atoms with Crippen molar-refractivity contribution in [3.63, 3.8) is 0 Å². The summed E-state index contributed by atoms with van der Waals surface area (Å²) in [5.41, 5.74) is 1.59. The molecule has 0 aliphatic rings. The van der Waals surface area contributed by atoms with Crippen molar-refractivity contribution in [1.82, 2.24) is 9.97 Å². The Kier molecular flexibility index (Phi) is 5.42. The first-order valence-electron chi connectivity index (χ1n) is 7.25. The molecule has 0 aliphatic carbocycles. The van der Waals surface area contributed by atoms with Crippen molar-refractivity contribution in [2.75, 3.05) is 29.9 Å². The van der Waals surface area contributed by atoms with Crippen LogP contribution in [0.1, 0.15) is 12.5 Å². The smallest absolute Gasteiger partial charge is 0.353 e. The van der Waals surface area contributed by atoms with E-state index >= 15 is 0 Å². The Morgan fingerprint density at radius 2 is 2.00 bits per heavy atom. The largest absolute Gasteiger partial charge is 0.395 e.